The Bertz CT molecular complexity index is 582. The lowest BCUT2D eigenvalue weighted by atomic mass is 9.78. The van der Waals surface area contributed by atoms with E-state index in [2.05, 4.69) is 16.1 Å². The summed E-state index contributed by atoms with van der Waals surface area (Å²) < 4.78 is 7.11. The zero-order valence-electron chi connectivity index (χ0n) is 9.27. The van der Waals surface area contributed by atoms with E-state index in [0.29, 0.717) is 10.4 Å². The molecule has 4 heterocycles. The quantitative estimate of drug-likeness (QED) is 0.772. The van der Waals surface area contributed by atoms with Gasteiger partial charge in [0.2, 0.25) is 0 Å². The highest BCUT2D eigenvalue weighted by Crippen LogP contribution is 2.40. The zero-order valence-corrected chi connectivity index (χ0v) is 10.0. The molecule has 0 saturated carbocycles. The van der Waals surface area contributed by atoms with E-state index in [4.69, 9.17) is 16.3 Å². The maximum atomic E-state index is 6.02. The van der Waals surface area contributed by atoms with E-state index in [0.717, 1.165) is 31.8 Å². The van der Waals surface area contributed by atoms with Crippen LogP contribution < -0.4 is 4.90 Å². The second-order valence-corrected chi connectivity index (χ2v) is 5.47. The molecular formula is C12H12ClN3O. The van der Waals surface area contributed by atoms with Gasteiger partial charge in [0.1, 0.15) is 0 Å². The van der Waals surface area contributed by atoms with Crippen LogP contribution in [0.15, 0.2) is 24.5 Å². The molecule has 0 unspecified atom stereocenters. The van der Waals surface area contributed by atoms with E-state index in [1.807, 2.05) is 16.8 Å². The van der Waals surface area contributed by atoms with E-state index < -0.39 is 0 Å². The standard InChI is InChI=1S/C12H12ClN3O/c13-10-3-14-16-4-9(1-2-11(10)16)15-5-12(6-15)7-17-8-12/h1-4H,5-8H2. The summed E-state index contributed by atoms with van der Waals surface area (Å²) in [6.45, 7) is 4.01. The highest BCUT2D eigenvalue weighted by Gasteiger charge is 2.49. The second-order valence-electron chi connectivity index (χ2n) is 5.06. The second kappa shape index (κ2) is 3.15. The summed E-state index contributed by atoms with van der Waals surface area (Å²) in [5, 5.41) is 4.92. The first-order valence-electron chi connectivity index (χ1n) is 5.71. The maximum Gasteiger partial charge on any atom is 0.0864 e. The summed E-state index contributed by atoms with van der Waals surface area (Å²) in [5.41, 5.74) is 2.60. The molecule has 2 aromatic heterocycles. The first-order chi connectivity index (χ1) is 8.26. The van der Waals surface area contributed by atoms with Crippen molar-refractivity contribution in [2.24, 2.45) is 5.41 Å². The summed E-state index contributed by atoms with van der Waals surface area (Å²) >= 11 is 6.02. The topological polar surface area (TPSA) is 29.8 Å². The van der Waals surface area contributed by atoms with Gasteiger partial charge in [-0.1, -0.05) is 11.6 Å². The van der Waals surface area contributed by atoms with Crippen LogP contribution in [0, 0.1) is 5.41 Å². The van der Waals surface area contributed by atoms with Crippen LogP contribution in [0.1, 0.15) is 0 Å². The van der Waals surface area contributed by atoms with E-state index in [1.165, 1.54) is 5.69 Å². The fourth-order valence-electron chi connectivity index (χ4n) is 2.65. The molecule has 0 amide bonds. The van der Waals surface area contributed by atoms with Crippen LogP contribution in [-0.4, -0.2) is 35.9 Å². The molecule has 0 radical (unpaired) electrons. The van der Waals surface area contributed by atoms with Crippen LogP contribution in [0.4, 0.5) is 5.69 Å². The Kier molecular flexibility index (Phi) is 1.80. The van der Waals surface area contributed by atoms with Crippen molar-refractivity contribution in [2.45, 2.75) is 0 Å². The van der Waals surface area contributed by atoms with E-state index in [9.17, 15) is 0 Å². The van der Waals surface area contributed by atoms with Crippen molar-refractivity contribution < 1.29 is 4.74 Å². The van der Waals surface area contributed by atoms with Crippen molar-refractivity contribution in [1.29, 1.82) is 0 Å². The summed E-state index contributed by atoms with van der Waals surface area (Å²) in [7, 11) is 0. The summed E-state index contributed by atoms with van der Waals surface area (Å²) in [6, 6.07) is 4.13. The van der Waals surface area contributed by atoms with Gasteiger partial charge < -0.3 is 9.64 Å². The molecule has 0 aromatic carbocycles. The molecule has 0 N–H and O–H groups in total. The number of rotatable bonds is 1. The van der Waals surface area contributed by atoms with Gasteiger partial charge in [-0.2, -0.15) is 5.10 Å². The van der Waals surface area contributed by atoms with Crippen molar-refractivity contribution in [3.63, 3.8) is 0 Å². The van der Waals surface area contributed by atoms with Gasteiger partial charge in [0.05, 0.1) is 47.2 Å². The first kappa shape index (κ1) is 9.74. The third-order valence-corrected chi connectivity index (χ3v) is 3.98. The van der Waals surface area contributed by atoms with Gasteiger partial charge in [-0.25, -0.2) is 4.52 Å². The highest BCUT2D eigenvalue weighted by atomic mass is 35.5. The lowest BCUT2D eigenvalue weighted by molar-refractivity contribution is -0.127. The van der Waals surface area contributed by atoms with Gasteiger partial charge in [0, 0.05) is 13.1 Å². The lowest BCUT2D eigenvalue weighted by Gasteiger charge is -2.55. The maximum absolute atomic E-state index is 6.02. The first-order valence-corrected chi connectivity index (χ1v) is 6.09. The molecule has 0 atom stereocenters. The van der Waals surface area contributed by atoms with Gasteiger partial charge >= 0.3 is 0 Å². The van der Waals surface area contributed by atoms with Crippen LogP contribution in [-0.2, 0) is 4.74 Å². The van der Waals surface area contributed by atoms with E-state index in [1.54, 1.807) is 6.20 Å². The third kappa shape index (κ3) is 1.31. The molecule has 88 valence electrons. The minimum Gasteiger partial charge on any atom is -0.380 e. The van der Waals surface area contributed by atoms with Gasteiger partial charge in [0.25, 0.3) is 0 Å². The van der Waals surface area contributed by atoms with Gasteiger partial charge in [0.15, 0.2) is 0 Å². The van der Waals surface area contributed by atoms with Crippen molar-refractivity contribution in [3.8, 4) is 0 Å². The largest absolute Gasteiger partial charge is 0.380 e. The van der Waals surface area contributed by atoms with Crippen LogP contribution in [0.25, 0.3) is 5.52 Å². The fraction of sp³-hybridized carbons (Fsp3) is 0.417. The molecule has 2 aliphatic rings. The molecule has 17 heavy (non-hydrogen) atoms. The molecule has 0 bridgehead atoms. The molecule has 2 fully saturated rings. The minimum atomic E-state index is 0.441. The highest BCUT2D eigenvalue weighted by molar-refractivity contribution is 6.33. The Morgan fingerprint density at radius 1 is 1.29 bits per heavy atom. The molecule has 0 aliphatic carbocycles. The van der Waals surface area contributed by atoms with Crippen molar-refractivity contribution >= 4 is 22.8 Å². The third-order valence-electron chi connectivity index (χ3n) is 3.69. The van der Waals surface area contributed by atoms with Crippen molar-refractivity contribution in [2.75, 3.05) is 31.2 Å². The van der Waals surface area contributed by atoms with Gasteiger partial charge in [-0.15, -0.1) is 0 Å². The molecule has 1 spiro atoms. The lowest BCUT2D eigenvalue weighted by Crippen LogP contribution is -2.66. The Balaban J connectivity index is 1.64. The SMILES string of the molecule is Clc1cnn2cc(N3CC4(COC4)C3)ccc12. The van der Waals surface area contributed by atoms with Gasteiger partial charge in [-0.3, -0.25) is 0 Å². The number of hydrogen-bond donors (Lipinski definition) is 0. The number of hydrogen-bond acceptors (Lipinski definition) is 3. The Hall–Kier alpha value is -1.26. The van der Waals surface area contributed by atoms with E-state index >= 15 is 0 Å². The number of nitrogens with zero attached hydrogens (tertiary/aromatic N) is 3. The number of aromatic nitrogens is 2. The van der Waals surface area contributed by atoms with Crippen molar-refractivity contribution in [1.82, 2.24) is 9.61 Å². The molecule has 2 saturated heterocycles. The van der Waals surface area contributed by atoms with Gasteiger partial charge in [-0.05, 0) is 12.1 Å². The normalized spacial score (nSPS) is 21.6. The minimum absolute atomic E-state index is 0.441. The number of anilines is 1. The Labute approximate surface area is 104 Å². The smallest absolute Gasteiger partial charge is 0.0864 e. The summed E-state index contributed by atoms with van der Waals surface area (Å²) in [6.07, 6.45) is 3.71. The Morgan fingerprint density at radius 2 is 2.12 bits per heavy atom. The fourth-order valence-corrected chi connectivity index (χ4v) is 2.84. The van der Waals surface area contributed by atoms with Crippen LogP contribution in [0.5, 0.6) is 0 Å². The number of halogens is 1. The molecule has 5 heteroatoms. The number of pyridine rings is 1. The molecule has 4 nitrogen and oxygen atoms in total. The molecule has 2 aromatic rings. The Morgan fingerprint density at radius 3 is 2.82 bits per heavy atom. The predicted octanol–water partition coefficient (Wildman–Crippen LogP) is 1.82. The molecule has 4 rings (SSSR count). The zero-order chi connectivity index (χ0) is 11.5. The van der Waals surface area contributed by atoms with Crippen LogP contribution in [0.3, 0.4) is 0 Å². The van der Waals surface area contributed by atoms with E-state index in [-0.39, 0.29) is 0 Å². The number of fused-ring (bicyclic) bond motifs is 1. The van der Waals surface area contributed by atoms with Crippen molar-refractivity contribution in [3.05, 3.63) is 29.5 Å². The summed E-state index contributed by atoms with van der Waals surface area (Å²) in [5.74, 6) is 0. The monoisotopic (exact) mass is 249 g/mol. The van der Waals surface area contributed by atoms with Crippen LogP contribution >= 0.6 is 11.6 Å². The average molecular weight is 250 g/mol. The molecular weight excluding hydrogens is 238 g/mol. The summed E-state index contributed by atoms with van der Waals surface area (Å²) in [4.78, 5) is 2.36. The number of ether oxygens (including phenoxy) is 1. The van der Waals surface area contributed by atoms with Crippen LogP contribution in [0.2, 0.25) is 5.02 Å². The molecule has 2 aliphatic heterocycles. The predicted molar refractivity (Wildman–Crippen MR) is 65.7 cm³/mol. The average Bonchev–Trinajstić information content (AvgIpc) is 2.56.